The fraction of sp³-hybridized carbons (Fsp3) is 0.556. The van der Waals surface area contributed by atoms with Crippen molar-refractivity contribution in [3.05, 3.63) is 11.9 Å². The number of rotatable bonds is 3. The van der Waals surface area contributed by atoms with Crippen LogP contribution in [0.2, 0.25) is 0 Å². The molecule has 1 aromatic rings. The summed E-state index contributed by atoms with van der Waals surface area (Å²) < 4.78 is 0. The zero-order chi connectivity index (χ0) is 10.7. The summed E-state index contributed by atoms with van der Waals surface area (Å²) in [5.41, 5.74) is 6.33. The summed E-state index contributed by atoms with van der Waals surface area (Å²) in [7, 11) is 1.75. The third-order valence-electron chi connectivity index (χ3n) is 1.87. The molecule has 0 spiro atoms. The summed E-state index contributed by atoms with van der Waals surface area (Å²) in [6.45, 7) is 4.82. The Labute approximate surface area is 83.3 Å². The van der Waals surface area contributed by atoms with E-state index in [1.165, 1.54) is 6.20 Å². The molecule has 0 aliphatic rings. The highest BCUT2D eigenvalue weighted by Crippen LogP contribution is 2.09. The second-order valence-electron chi connectivity index (χ2n) is 3.78. The van der Waals surface area contributed by atoms with Crippen LogP contribution in [0.4, 0.5) is 5.69 Å². The number of hydrogen-bond donors (Lipinski definition) is 2. The van der Waals surface area contributed by atoms with E-state index in [1.807, 2.05) is 0 Å². The number of H-pyrrole nitrogens is 1. The Bertz CT molecular complexity index is 318. The van der Waals surface area contributed by atoms with Crippen molar-refractivity contribution >= 4 is 11.6 Å². The molecule has 1 aromatic heterocycles. The van der Waals surface area contributed by atoms with Gasteiger partial charge in [0.15, 0.2) is 0 Å². The molecule has 0 aliphatic heterocycles. The Kier molecular flexibility index (Phi) is 3.11. The van der Waals surface area contributed by atoms with Gasteiger partial charge in [-0.05, 0) is 5.92 Å². The van der Waals surface area contributed by atoms with Gasteiger partial charge in [0, 0.05) is 13.6 Å². The van der Waals surface area contributed by atoms with Gasteiger partial charge in [0.1, 0.15) is 5.69 Å². The monoisotopic (exact) mass is 196 g/mol. The maximum absolute atomic E-state index is 11.7. The predicted molar refractivity (Wildman–Crippen MR) is 54.8 cm³/mol. The lowest BCUT2D eigenvalue weighted by molar-refractivity contribution is 0.0774. The summed E-state index contributed by atoms with van der Waals surface area (Å²) in [5, 5.41) is 6.30. The summed E-state index contributed by atoms with van der Waals surface area (Å²) >= 11 is 0. The molecule has 1 amide bonds. The number of nitrogens with two attached hydrogens (primary N) is 1. The first-order chi connectivity index (χ1) is 6.52. The molecule has 1 rings (SSSR count). The molecular formula is C9H16N4O. The molecule has 0 atom stereocenters. The van der Waals surface area contributed by atoms with Crippen LogP contribution in [-0.2, 0) is 0 Å². The number of carbonyl (C=O) groups is 1. The van der Waals surface area contributed by atoms with Crippen LogP contribution in [0.1, 0.15) is 24.3 Å². The van der Waals surface area contributed by atoms with E-state index in [4.69, 9.17) is 5.73 Å². The molecule has 0 aliphatic carbocycles. The Hall–Kier alpha value is -1.52. The molecule has 0 unspecified atom stereocenters. The zero-order valence-electron chi connectivity index (χ0n) is 8.74. The van der Waals surface area contributed by atoms with Gasteiger partial charge < -0.3 is 10.6 Å². The van der Waals surface area contributed by atoms with Crippen LogP contribution in [0.15, 0.2) is 6.20 Å². The summed E-state index contributed by atoms with van der Waals surface area (Å²) in [4.78, 5) is 13.4. The van der Waals surface area contributed by atoms with Crippen molar-refractivity contribution in [1.82, 2.24) is 15.1 Å². The summed E-state index contributed by atoms with van der Waals surface area (Å²) in [5.74, 6) is 0.321. The number of aromatic nitrogens is 2. The van der Waals surface area contributed by atoms with E-state index in [0.717, 1.165) is 0 Å². The Balaban J connectivity index is 2.71. The van der Waals surface area contributed by atoms with Gasteiger partial charge in [-0.25, -0.2) is 0 Å². The van der Waals surface area contributed by atoms with E-state index >= 15 is 0 Å². The molecule has 0 saturated carbocycles. The molecule has 5 heteroatoms. The number of nitrogens with zero attached hydrogens (tertiary/aromatic N) is 2. The molecule has 0 aromatic carbocycles. The molecule has 3 N–H and O–H groups in total. The van der Waals surface area contributed by atoms with Crippen LogP contribution in [0.3, 0.4) is 0 Å². The van der Waals surface area contributed by atoms with Crippen molar-refractivity contribution in [3.8, 4) is 0 Å². The van der Waals surface area contributed by atoms with Crippen LogP contribution in [0.5, 0.6) is 0 Å². The zero-order valence-corrected chi connectivity index (χ0v) is 8.74. The molecule has 1 heterocycles. The number of carbonyl (C=O) groups excluding carboxylic acids is 1. The molecule has 5 nitrogen and oxygen atoms in total. The largest absolute Gasteiger partial charge is 0.396 e. The lowest BCUT2D eigenvalue weighted by Crippen LogP contribution is -2.31. The van der Waals surface area contributed by atoms with E-state index in [-0.39, 0.29) is 5.91 Å². The lowest BCUT2D eigenvalue weighted by atomic mass is 10.2. The highest BCUT2D eigenvalue weighted by molar-refractivity contribution is 5.96. The second-order valence-corrected chi connectivity index (χ2v) is 3.78. The number of aromatic amines is 1. The number of nitrogen functional groups attached to an aromatic ring is 1. The molecule has 14 heavy (non-hydrogen) atoms. The van der Waals surface area contributed by atoms with Gasteiger partial charge >= 0.3 is 0 Å². The smallest absolute Gasteiger partial charge is 0.273 e. The van der Waals surface area contributed by atoms with E-state index in [0.29, 0.717) is 23.8 Å². The van der Waals surface area contributed by atoms with Crippen molar-refractivity contribution in [3.63, 3.8) is 0 Å². The normalized spacial score (nSPS) is 10.6. The average Bonchev–Trinajstić information content (AvgIpc) is 2.48. The minimum Gasteiger partial charge on any atom is -0.396 e. The van der Waals surface area contributed by atoms with Gasteiger partial charge in [-0.2, -0.15) is 5.10 Å². The van der Waals surface area contributed by atoms with Crippen molar-refractivity contribution in [2.45, 2.75) is 13.8 Å². The van der Waals surface area contributed by atoms with E-state index in [9.17, 15) is 4.79 Å². The highest BCUT2D eigenvalue weighted by Gasteiger charge is 2.16. The van der Waals surface area contributed by atoms with Gasteiger partial charge in [-0.15, -0.1) is 0 Å². The maximum Gasteiger partial charge on any atom is 0.273 e. The van der Waals surface area contributed by atoms with Gasteiger partial charge in [0.25, 0.3) is 5.91 Å². The minimum absolute atomic E-state index is 0.117. The van der Waals surface area contributed by atoms with Crippen LogP contribution in [0, 0.1) is 5.92 Å². The van der Waals surface area contributed by atoms with Crippen LogP contribution >= 0.6 is 0 Å². The number of anilines is 1. The molecule has 0 fully saturated rings. The van der Waals surface area contributed by atoms with Gasteiger partial charge in [0.05, 0.1) is 11.9 Å². The first kappa shape index (κ1) is 10.6. The lowest BCUT2D eigenvalue weighted by Gasteiger charge is -2.18. The number of amides is 1. The number of hydrogen-bond acceptors (Lipinski definition) is 3. The molecule has 0 bridgehead atoms. The molecule has 78 valence electrons. The fourth-order valence-electron chi connectivity index (χ4n) is 1.29. The Morgan fingerprint density at radius 1 is 1.71 bits per heavy atom. The molecular weight excluding hydrogens is 180 g/mol. The van der Waals surface area contributed by atoms with E-state index < -0.39 is 0 Å². The van der Waals surface area contributed by atoms with Crippen molar-refractivity contribution < 1.29 is 4.79 Å². The third kappa shape index (κ3) is 2.25. The van der Waals surface area contributed by atoms with E-state index in [2.05, 4.69) is 24.0 Å². The minimum atomic E-state index is -0.117. The maximum atomic E-state index is 11.7. The van der Waals surface area contributed by atoms with Gasteiger partial charge in [0.2, 0.25) is 0 Å². The quantitative estimate of drug-likeness (QED) is 0.748. The summed E-state index contributed by atoms with van der Waals surface area (Å²) in [6, 6.07) is 0. The van der Waals surface area contributed by atoms with Crippen LogP contribution in [0.25, 0.3) is 0 Å². The Morgan fingerprint density at radius 2 is 2.36 bits per heavy atom. The first-order valence-corrected chi connectivity index (χ1v) is 4.56. The second kappa shape index (κ2) is 4.13. The molecule has 0 saturated heterocycles. The topological polar surface area (TPSA) is 75.0 Å². The van der Waals surface area contributed by atoms with Gasteiger partial charge in [-0.3, -0.25) is 9.89 Å². The first-order valence-electron chi connectivity index (χ1n) is 4.56. The summed E-state index contributed by atoms with van der Waals surface area (Å²) in [6.07, 6.45) is 1.44. The fourth-order valence-corrected chi connectivity index (χ4v) is 1.29. The van der Waals surface area contributed by atoms with Crippen molar-refractivity contribution in [2.24, 2.45) is 5.92 Å². The third-order valence-corrected chi connectivity index (χ3v) is 1.87. The number of nitrogens with one attached hydrogen (secondary N) is 1. The van der Waals surface area contributed by atoms with Crippen LogP contribution in [-0.4, -0.2) is 34.6 Å². The van der Waals surface area contributed by atoms with Gasteiger partial charge in [-0.1, -0.05) is 13.8 Å². The Morgan fingerprint density at radius 3 is 2.79 bits per heavy atom. The SMILES string of the molecule is CC(C)CN(C)C(=O)c1[nH]ncc1N. The predicted octanol–water partition coefficient (Wildman–Crippen LogP) is 0.720. The van der Waals surface area contributed by atoms with E-state index in [1.54, 1.807) is 11.9 Å². The standard InChI is InChI=1S/C9H16N4O/c1-6(2)5-13(3)9(14)8-7(10)4-11-12-8/h4,6H,5,10H2,1-3H3,(H,11,12). The van der Waals surface area contributed by atoms with Crippen LogP contribution < -0.4 is 5.73 Å². The molecule has 0 radical (unpaired) electrons. The highest BCUT2D eigenvalue weighted by atomic mass is 16.2. The van der Waals surface area contributed by atoms with Crippen molar-refractivity contribution in [2.75, 3.05) is 19.3 Å². The van der Waals surface area contributed by atoms with Crippen molar-refractivity contribution in [1.29, 1.82) is 0 Å². The average molecular weight is 196 g/mol.